The minimum Gasteiger partial charge on any atom is -0.394 e. The Bertz CT molecular complexity index is 409. The Morgan fingerprint density at radius 2 is 2.05 bits per heavy atom. The average molecular weight is 290 g/mol. The molecule has 118 valence electrons. The summed E-state index contributed by atoms with van der Waals surface area (Å²) >= 11 is 0. The molecule has 3 nitrogen and oxygen atoms in total. The van der Waals surface area contributed by atoms with Crippen LogP contribution >= 0.6 is 0 Å². The Balaban J connectivity index is 1.96. The van der Waals surface area contributed by atoms with Crippen molar-refractivity contribution >= 4 is 5.69 Å². The standard InChI is InChI=1S/C18H30N2O/c1-2-3-13-20(17-9-5-4-6-10-17)14-11-16-8-7-12-18(16,19)15-21/h4-6,9-10,16,21H,2-3,7-8,11-15,19H2,1H3. The van der Waals surface area contributed by atoms with Gasteiger partial charge in [-0.2, -0.15) is 0 Å². The highest BCUT2D eigenvalue weighted by atomic mass is 16.3. The van der Waals surface area contributed by atoms with Gasteiger partial charge in [-0.3, -0.25) is 0 Å². The van der Waals surface area contributed by atoms with Gasteiger partial charge in [0.25, 0.3) is 0 Å². The van der Waals surface area contributed by atoms with Crippen molar-refractivity contribution in [2.45, 2.75) is 51.0 Å². The van der Waals surface area contributed by atoms with Crippen LogP contribution in [0, 0.1) is 5.92 Å². The molecule has 0 radical (unpaired) electrons. The summed E-state index contributed by atoms with van der Waals surface area (Å²) in [7, 11) is 0. The van der Waals surface area contributed by atoms with Gasteiger partial charge in [-0.25, -0.2) is 0 Å². The third kappa shape index (κ3) is 4.21. The van der Waals surface area contributed by atoms with Gasteiger partial charge in [0.15, 0.2) is 0 Å². The zero-order valence-corrected chi connectivity index (χ0v) is 13.3. The minimum absolute atomic E-state index is 0.123. The summed E-state index contributed by atoms with van der Waals surface area (Å²) in [5, 5.41) is 9.58. The van der Waals surface area contributed by atoms with E-state index in [1.165, 1.54) is 18.5 Å². The van der Waals surface area contributed by atoms with Crippen LogP contribution in [0.25, 0.3) is 0 Å². The van der Waals surface area contributed by atoms with Crippen LogP contribution in [0.15, 0.2) is 30.3 Å². The molecular weight excluding hydrogens is 260 g/mol. The van der Waals surface area contributed by atoms with Crippen molar-refractivity contribution in [3.05, 3.63) is 30.3 Å². The maximum Gasteiger partial charge on any atom is 0.0613 e. The van der Waals surface area contributed by atoms with Gasteiger partial charge in [0.2, 0.25) is 0 Å². The van der Waals surface area contributed by atoms with Crippen LogP contribution in [0.5, 0.6) is 0 Å². The molecule has 2 rings (SSSR count). The number of aliphatic hydroxyl groups is 1. The third-order valence-corrected chi connectivity index (χ3v) is 4.95. The number of para-hydroxylation sites is 1. The lowest BCUT2D eigenvalue weighted by Gasteiger charge is -2.32. The summed E-state index contributed by atoms with van der Waals surface area (Å²) < 4.78 is 0. The zero-order chi connectivity index (χ0) is 15.1. The molecule has 1 aliphatic carbocycles. The lowest BCUT2D eigenvalue weighted by Crippen LogP contribution is -2.47. The SMILES string of the molecule is CCCCN(CCC1CCCC1(N)CO)c1ccccc1. The first kappa shape index (κ1) is 16.3. The van der Waals surface area contributed by atoms with Crippen LogP contribution in [0.2, 0.25) is 0 Å². The zero-order valence-electron chi connectivity index (χ0n) is 13.3. The maximum atomic E-state index is 9.58. The number of aliphatic hydroxyl groups excluding tert-OH is 1. The summed E-state index contributed by atoms with van der Waals surface area (Å²) in [5.74, 6) is 0.454. The molecule has 21 heavy (non-hydrogen) atoms. The number of hydrogen-bond donors (Lipinski definition) is 2. The molecule has 1 saturated carbocycles. The largest absolute Gasteiger partial charge is 0.394 e. The number of nitrogens with two attached hydrogens (primary N) is 1. The molecule has 2 atom stereocenters. The first-order valence-corrected chi connectivity index (χ1v) is 8.39. The van der Waals surface area contributed by atoms with Crippen molar-refractivity contribution in [3.8, 4) is 0 Å². The molecule has 3 heteroatoms. The van der Waals surface area contributed by atoms with E-state index in [2.05, 4.69) is 42.2 Å². The molecule has 0 spiro atoms. The van der Waals surface area contributed by atoms with Gasteiger partial charge in [0.1, 0.15) is 0 Å². The smallest absolute Gasteiger partial charge is 0.0613 e. The summed E-state index contributed by atoms with van der Waals surface area (Å²) in [6.07, 6.45) is 6.79. The van der Waals surface area contributed by atoms with Crippen molar-refractivity contribution < 1.29 is 5.11 Å². The van der Waals surface area contributed by atoms with E-state index >= 15 is 0 Å². The fraction of sp³-hybridized carbons (Fsp3) is 0.667. The van der Waals surface area contributed by atoms with Crippen LogP contribution in [0.3, 0.4) is 0 Å². The third-order valence-electron chi connectivity index (χ3n) is 4.95. The fourth-order valence-corrected chi connectivity index (χ4v) is 3.48. The van der Waals surface area contributed by atoms with Crippen LogP contribution in [-0.2, 0) is 0 Å². The van der Waals surface area contributed by atoms with E-state index in [4.69, 9.17) is 5.73 Å². The van der Waals surface area contributed by atoms with Gasteiger partial charge in [-0.05, 0) is 43.7 Å². The minimum atomic E-state index is -0.340. The highest BCUT2D eigenvalue weighted by Crippen LogP contribution is 2.36. The van der Waals surface area contributed by atoms with Crippen molar-refractivity contribution in [2.75, 3.05) is 24.6 Å². The molecular formula is C18H30N2O. The van der Waals surface area contributed by atoms with Gasteiger partial charge >= 0.3 is 0 Å². The van der Waals surface area contributed by atoms with Crippen LogP contribution in [-0.4, -0.2) is 30.3 Å². The van der Waals surface area contributed by atoms with E-state index in [1.54, 1.807) is 0 Å². The van der Waals surface area contributed by atoms with Gasteiger partial charge < -0.3 is 15.7 Å². The molecule has 0 aliphatic heterocycles. The molecule has 2 unspecified atom stereocenters. The van der Waals surface area contributed by atoms with E-state index in [1.807, 2.05) is 0 Å². The van der Waals surface area contributed by atoms with Gasteiger partial charge in [-0.1, -0.05) is 38.0 Å². The van der Waals surface area contributed by atoms with E-state index in [0.717, 1.165) is 38.8 Å². The molecule has 1 aliphatic rings. The number of anilines is 1. The van der Waals surface area contributed by atoms with Crippen molar-refractivity contribution in [3.63, 3.8) is 0 Å². The van der Waals surface area contributed by atoms with Crippen molar-refractivity contribution in [1.82, 2.24) is 0 Å². The topological polar surface area (TPSA) is 49.5 Å². The molecule has 1 aromatic carbocycles. The van der Waals surface area contributed by atoms with E-state index in [-0.39, 0.29) is 12.1 Å². The predicted molar refractivity (Wildman–Crippen MR) is 89.5 cm³/mol. The monoisotopic (exact) mass is 290 g/mol. The van der Waals surface area contributed by atoms with Crippen LogP contribution < -0.4 is 10.6 Å². The molecule has 0 amide bonds. The molecule has 1 fully saturated rings. The Hall–Kier alpha value is -1.06. The average Bonchev–Trinajstić information content (AvgIpc) is 2.90. The number of rotatable bonds is 8. The highest BCUT2D eigenvalue weighted by molar-refractivity contribution is 5.45. The number of hydrogen-bond acceptors (Lipinski definition) is 3. The van der Waals surface area contributed by atoms with Gasteiger partial charge in [-0.15, -0.1) is 0 Å². The normalized spacial score (nSPS) is 25.2. The van der Waals surface area contributed by atoms with Crippen molar-refractivity contribution in [1.29, 1.82) is 0 Å². The second-order valence-electron chi connectivity index (χ2n) is 6.45. The second-order valence-corrected chi connectivity index (χ2v) is 6.45. The molecule has 0 saturated heterocycles. The lowest BCUT2D eigenvalue weighted by molar-refractivity contribution is 0.156. The fourth-order valence-electron chi connectivity index (χ4n) is 3.48. The van der Waals surface area contributed by atoms with E-state index in [0.29, 0.717) is 5.92 Å². The number of unbranched alkanes of at least 4 members (excludes halogenated alkanes) is 1. The number of nitrogens with zero attached hydrogens (tertiary/aromatic N) is 1. The first-order chi connectivity index (χ1) is 10.2. The molecule has 1 aromatic rings. The van der Waals surface area contributed by atoms with Crippen molar-refractivity contribution in [2.24, 2.45) is 11.7 Å². The van der Waals surface area contributed by atoms with E-state index in [9.17, 15) is 5.11 Å². The molecule has 3 N–H and O–H groups in total. The van der Waals surface area contributed by atoms with E-state index < -0.39 is 0 Å². The van der Waals surface area contributed by atoms with Crippen LogP contribution in [0.1, 0.15) is 45.4 Å². The quantitative estimate of drug-likeness (QED) is 0.773. The maximum absolute atomic E-state index is 9.58. The summed E-state index contributed by atoms with van der Waals surface area (Å²) in [4.78, 5) is 2.47. The Labute approximate surface area is 129 Å². The van der Waals surface area contributed by atoms with Gasteiger partial charge in [0, 0.05) is 24.3 Å². The highest BCUT2D eigenvalue weighted by Gasteiger charge is 2.38. The molecule has 0 aromatic heterocycles. The summed E-state index contributed by atoms with van der Waals surface area (Å²) in [6.45, 7) is 4.49. The Morgan fingerprint density at radius 1 is 1.29 bits per heavy atom. The summed E-state index contributed by atoms with van der Waals surface area (Å²) in [5.41, 5.74) is 7.32. The lowest BCUT2D eigenvalue weighted by atomic mass is 9.86. The Kier molecular flexibility index (Phi) is 6.07. The molecule has 0 bridgehead atoms. The Morgan fingerprint density at radius 3 is 2.71 bits per heavy atom. The van der Waals surface area contributed by atoms with Crippen LogP contribution in [0.4, 0.5) is 5.69 Å². The number of benzene rings is 1. The predicted octanol–water partition coefficient (Wildman–Crippen LogP) is 3.17. The van der Waals surface area contributed by atoms with Gasteiger partial charge in [0.05, 0.1) is 6.61 Å². The summed E-state index contributed by atoms with van der Waals surface area (Å²) in [6, 6.07) is 10.6. The first-order valence-electron chi connectivity index (χ1n) is 8.39. The molecule has 0 heterocycles. The second kappa shape index (κ2) is 7.81.